The molecule has 0 radical (unpaired) electrons. The van der Waals surface area contributed by atoms with E-state index in [0.29, 0.717) is 17.5 Å². The van der Waals surface area contributed by atoms with Gasteiger partial charge in [0, 0.05) is 65.8 Å². The van der Waals surface area contributed by atoms with Gasteiger partial charge in [-0.2, -0.15) is 0 Å². The lowest BCUT2D eigenvalue weighted by atomic mass is 10.0. The van der Waals surface area contributed by atoms with Crippen LogP contribution in [0.2, 0.25) is 0 Å². The first kappa shape index (κ1) is 39.4. The van der Waals surface area contributed by atoms with Crippen LogP contribution in [0.15, 0.2) is 243 Å². The van der Waals surface area contributed by atoms with Gasteiger partial charge in [0.1, 0.15) is 0 Å². The van der Waals surface area contributed by atoms with E-state index >= 15 is 0 Å². The second-order valence-corrected chi connectivity index (χ2v) is 18.4. The number of rotatable bonds is 6. The number of fused-ring (bicyclic) bond motifs is 14. The molecule has 0 saturated carbocycles. The zero-order valence-electron chi connectivity index (χ0n) is 38.3. The van der Waals surface area contributed by atoms with Gasteiger partial charge in [-0.1, -0.05) is 164 Å². The van der Waals surface area contributed by atoms with Crippen molar-refractivity contribution >= 4 is 81.7 Å². The normalized spacial score (nSPS) is 11.9. The van der Waals surface area contributed by atoms with E-state index in [-0.39, 0.29) is 0 Å². The van der Waals surface area contributed by atoms with Crippen molar-refractivity contribution in [3.05, 3.63) is 243 Å². The number of nitrogens with zero attached hydrogens (tertiary/aromatic N) is 6. The first-order valence-corrected chi connectivity index (χ1v) is 24.1. The molecule has 6 nitrogen and oxygen atoms in total. The van der Waals surface area contributed by atoms with Gasteiger partial charge in [0.25, 0.3) is 0 Å². The van der Waals surface area contributed by atoms with E-state index in [1.165, 1.54) is 70.7 Å². The van der Waals surface area contributed by atoms with Crippen LogP contribution in [0.3, 0.4) is 0 Å². The summed E-state index contributed by atoms with van der Waals surface area (Å²) in [5.74, 6) is 1.88. The van der Waals surface area contributed by atoms with Crippen LogP contribution in [0.5, 0.6) is 0 Å². The number of aromatic nitrogens is 6. The summed E-state index contributed by atoms with van der Waals surface area (Å²) < 4.78 is 7.26. The van der Waals surface area contributed by atoms with Crippen molar-refractivity contribution in [1.82, 2.24) is 28.5 Å². The summed E-state index contributed by atoms with van der Waals surface area (Å²) >= 11 is 0. The topological polar surface area (TPSA) is 52.9 Å². The summed E-state index contributed by atoms with van der Waals surface area (Å²) in [5, 5.41) is 9.75. The summed E-state index contributed by atoms with van der Waals surface area (Å²) in [6.45, 7) is 0. The highest BCUT2D eigenvalue weighted by Gasteiger charge is 2.21. The molecule has 0 amide bonds. The molecule has 0 bridgehead atoms. The van der Waals surface area contributed by atoms with Crippen molar-refractivity contribution in [1.29, 1.82) is 0 Å². The monoisotopic (exact) mass is 904 g/mol. The first-order chi connectivity index (χ1) is 35.2. The average Bonchev–Trinajstić information content (AvgIpc) is 4.10. The molecule has 0 unspecified atom stereocenters. The highest BCUT2D eigenvalue weighted by Crippen LogP contribution is 2.42. The van der Waals surface area contributed by atoms with Crippen molar-refractivity contribution in [3.63, 3.8) is 0 Å². The van der Waals surface area contributed by atoms with E-state index < -0.39 is 0 Å². The molecule has 71 heavy (non-hydrogen) atoms. The van der Waals surface area contributed by atoms with Gasteiger partial charge in [-0.05, 0) is 95.4 Å². The summed E-state index contributed by atoms with van der Waals surface area (Å²) in [6, 6.07) is 87.1. The fourth-order valence-electron chi connectivity index (χ4n) is 11.2. The Hall–Kier alpha value is -9.65. The van der Waals surface area contributed by atoms with Crippen LogP contribution < -0.4 is 0 Å². The standard InChI is InChI=1S/C65H40N6/c1-4-17-41(18-5-1)63-66-64(42-19-6-2-7-20-42)68-65(67-63)45-21-16-24-48(35-45)70-59-34-32-44(43-31-33-58-53(36-43)52-28-13-14-29-56(52)69(58)47-22-8-3-9-23-47)37-54(59)55-38-46-39-61-51-27-11-10-25-49(51)50-26-12-15-30-57(50)71(61)60(46)40-62(55)70/h1-40H. The lowest BCUT2D eigenvalue weighted by Gasteiger charge is -2.12. The van der Waals surface area contributed by atoms with E-state index in [2.05, 4.69) is 220 Å². The van der Waals surface area contributed by atoms with Crippen LogP contribution in [-0.4, -0.2) is 28.5 Å². The van der Waals surface area contributed by atoms with Gasteiger partial charge in [-0.3, -0.25) is 0 Å². The van der Waals surface area contributed by atoms with Crippen molar-refractivity contribution < 1.29 is 0 Å². The predicted octanol–water partition coefficient (Wildman–Crippen LogP) is 16.4. The summed E-state index contributed by atoms with van der Waals surface area (Å²) in [5.41, 5.74) is 15.4. The molecule has 0 aliphatic rings. The van der Waals surface area contributed by atoms with E-state index in [4.69, 9.17) is 15.0 Å². The third-order valence-corrected chi connectivity index (χ3v) is 14.4. The molecule has 0 aliphatic heterocycles. The number of hydrogen-bond acceptors (Lipinski definition) is 3. The van der Waals surface area contributed by atoms with E-state index in [9.17, 15) is 0 Å². The molecule has 330 valence electrons. The SMILES string of the molecule is c1ccc(-c2nc(-c3ccccc3)nc(-c3cccc(-n4c5ccc(-c6ccc7c(c6)c6ccccc6n7-c6ccccc6)cc5c5cc6cc7c8ccccc8c8ccccc8n7c6cc54)c3)n2)cc1. The Morgan fingerprint density at radius 2 is 0.676 bits per heavy atom. The van der Waals surface area contributed by atoms with Crippen molar-refractivity contribution in [3.8, 4) is 56.7 Å². The Labute approximate surface area is 407 Å². The molecule has 10 aromatic carbocycles. The largest absolute Gasteiger partial charge is 0.309 e. The fourth-order valence-corrected chi connectivity index (χ4v) is 11.2. The molecular formula is C65H40N6. The van der Waals surface area contributed by atoms with Gasteiger partial charge in [-0.15, -0.1) is 0 Å². The second-order valence-electron chi connectivity index (χ2n) is 18.4. The lowest BCUT2D eigenvalue weighted by Crippen LogP contribution is -2.01. The van der Waals surface area contributed by atoms with Crippen LogP contribution in [0.1, 0.15) is 0 Å². The zero-order chi connectivity index (χ0) is 46.6. The van der Waals surface area contributed by atoms with Crippen LogP contribution in [0.4, 0.5) is 0 Å². The van der Waals surface area contributed by atoms with Crippen LogP contribution in [0, 0.1) is 0 Å². The maximum atomic E-state index is 5.14. The first-order valence-electron chi connectivity index (χ1n) is 24.1. The van der Waals surface area contributed by atoms with Crippen molar-refractivity contribution in [2.45, 2.75) is 0 Å². The molecule has 15 aromatic rings. The Morgan fingerprint density at radius 1 is 0.225 bits per heavy atom. The van der Waals surface area contributed by atoms with Gasteiger partial charge >= 0.3 is 0 Å². The molecule has 0 atom stereocenters. The predicted molar refractivity (Wildman–Crippen MR) is 294 cm³/mol. The van der Waals surface area contributed by atoms with E-state index in [1.54, 1.807) is 0 Å². The minimum absolute atomic E-state index is 0.616. The Bertz CT molecular complexity index is 4570. The smallest absolute Gasteiger partial charge is 0.164 e. The minimum Gasteiger partial charge on any atom is -0.309 e. The Balaban J connectivity index is 0.977. The van der Waals surface area contributed by atoms with Crippen LogP contribution >= 0.6 is 0 Å². The zero-order valence-corrected chi connectivity index (χ0v) is 38.3. The Kier molecular flexibility index (Phi) is 8.56. The van der Waals surface area contributed by atoms with E-state index in [1.807, 2.05) is 36.4 Å². The maximum absolute atomic E-state index is 5.14. The van der Waals surface area contributed by atoms with Crippen molar-refractivity contribution in [2.75, 3.05) is 0 Å². The van der Waals surface area contributed by atoms with Gasteiger partial charge in [0.05, 0.1) is 38.6 Å². The van der Waals surface area contributed by atoms with Gasteiger partial charge in [-0.25, -0.2) is 15.0 Å². The lowest BCUT2D eigenvalue weighted by molar-refractivity contribution is 1.07. The third-order valence-electron chi connectivity index (χ3n) is 14.4. The molecule has 5 aromatic heterocycles. The van der Waals surface area contributed by atoms with Gasteiger partial charge < -0.3 is 13.5 Å². The highest BCUT2D eigenvalue weighted by molar-refractivity contribution is 6.19. The number of pyridine rings is 1. The summed E-state index contributed by atoms with van der Waals surface area (Å²) in [4.78, 5) is 15.3. The molecule has 5 heterocycles. The molecule has 15 rings (SSSR count). The third kappa shape index (κ3) is 6.11. The maximum Gasteiger partial charge on any atom is 0.164 e. The molecular weight excluding hydrogens is 865 g/mol. The summed E-state index contributed by atoms with van der Waals surface area (Å²) in [6.07, 6.45) is 0. The van der Waals surface area contributed by atoms with Gasteiger partial charge in [0.15, 0.2) is 17.5 Å². The quantitative estimate of drug-likeness (QED) is 0.156. The molecule has 6 heteroatoms. The number of para-hydroxylation sites is 3. The highest BCUT2D eigenvalue weighted by atomic mass is 15.0. The fraction of sp³-hybridized carbons (Fsp3) is 0. The second kappa shape index (κ2) is 15.4. The number of benzene rings is 10. The molecule has 0 spiro atoms. The summed E-state index contributed by atoms with van der Waals surface area (Å²) in [7, 11) is 0. The van der Waals surface area contributed by atoms with Gasteiger partial charge in [0.2, 0.25) is 0 Å². The van der Waals surface area contributed by atoms with Crippen LogP contribution in [-0.2, 0) is 0 Å². The average molecular weight is 905 g/mol. The molecule has 0 N–H and O–H groups in total. The van der Waals surface area contributed by atoms with Crippen molar-refractivity contribution in [2.24, 2.45) is 0 Å². The van der Waals surface area contributed by atoms with Crippen LogP contribution in [0.25, 0.3) is 138 Å². The minimum atomic E-state index is 0.616. The Morgan fingerprint density at radius 3 is 1.32 bits per heavy atom. The number of hydrogen-bond donors (Lipinski definition) is 0. The molecule has 0 aliphatic carbocycles. The molecule has 0 saturated heterocycles. The molecule has 0 fully saturated rings. The van der Waals surface area contributed by atoms with E-state index in [0.717, 1.165) is 50.2 Å².